The second-order valence-electron chi connectivity index (χ2n) is 6.79. The number of fused-ring (bicyclic) bond motifs is 1. The zero-order chi connectivity index (χ0) is 18.8. The molecule has 0 bridgehead atoms. The van der Waals surface area contributed by atoms with Crippen LogP contribution in [-0.2, 0) is 11.2 Å². The lowest BCUT2D eigenvalue weighted by Crippen LogP contribution is -2.14. The van der Waals surface area contributed by atoms with Gasteiger partial charge in [-0.25, -0.2) is 9.97 Å². The monoisotopic (exact) mass is 366 g/mol. The van der Waals surface area contributed by atoms with Crippen LogP contribution in [0.2, 0.25) is 0 Å². The minimum absolute atomic E-state index is 0.0719. The van der Waals surface area contributed by atoms with E-state index in [1.807, 2.05) is 35.9 Å². The highest BCUT2D eigenvalue weighted by molar-refractivity contribution is 5.95. The molecule has 0 spiro atoms. The largest absolute Gasteiger partial charge is 0.478 e. The predicted octanol–water partition coefficient (Wildman–Crippen LogP) is 2.76. The number of hydrogen-bond acceptors (Lipinski definition) is 6. The molecule has 27 heavy (non-hydrogen) atoms. The van der Waals surface area contributed by atoms with Gasteiger partial charge in [0.05, 0.1) is 24.9 Å². The second kappa shape index (κ2) is 7.44. The molecule has 7 heteroatoms. The number of imidazole rings is 1. The van der Waals surface area contributed by atoms with Gasteiger partial charge in [-0.2, -0.15) is 0 Å². The van der Waals surface area contributed by atoms with Gasteiger partial charge in [0.25, 0.3) is 5.88 Å². The zero-order valence-electron chi connectivity index (χ0n) is 15.5. The maximum absolute atomic E-state index is 12.6. The van der Waals surface area contributed by atoms with Crippen molar-refractivity contribution in [1.29, 1.82) is 0 Å². The lowest BCUT2D eigenvalue weighted by atomic mass is 9.97. The van der Waals surface area contributed by atoms with E-state index in [0.717, 1.165) is 37.4 Å². The first-order valence-corrected chi connectivity index (χ1v) is 9.11. The Morgan fingerprint density at radius 1 is 1.22 bits per heavy atom. The predicted molar refractivity (Wildman–Crippen MR) is 99.3 cm³/mol. The maximum Gasteiger partial charge on any atom is 0.258 e. The lowest BCUT2D eigenvalue weighted by molar-refractivity contribution is 0.0846. The van der Waals surface area contributed by atoms with E-state index in [0.29, 0.717) is 28.8 Å². The Balaban J connectivity index is 1.64. The number of ether oxygens (including phenoxy) is 2. The van der Waals surface area contributed by atoms with Crippen LogP contribution in [0.5, 0.6) is 5.88 Å². The molecule has 4 heterocycles. The van der Waals surface area contributed by atoms with Crippen molar-refractivity contribution >= 4 is 11.4 Å². The van der Waals surface area contributed by atoms with Gasteiger partial charge in [-0.1, -0.05) is 6.07 Å². The van der Waals surface area contributed by atoms with E-state index in [-0.39, 0.29) is 12.2 Å². The molecule has 1 saturated heterocycles. The number of Topliss-reactive ketones (excluding diaryl/α,β-unsaturated/α-hetero) is 1. The molecule has 1 aliphatic rings. The quantitative estimate of drug-likeness (QED) is 0.646. The lowest BCUT2D eigenvalue weighted by Gasteiger charge is -2.19. The average Bonchev–Trinajstić information content (AvgIpc) is 3.12. The standard InChI is InChI=1S/C20H22N4O3/c1-13-4-3-5-16(21-13)18(25)10-15-11-24-12-17(14-6-8-27-9-7-14)23-19(24)20(22-15)26-2/h3-5,11-12,14H,6-10H2,1-2H3. The van der Waals surface area contributed by atoms with Crippen LogP contribution >= 0.6 is 0 Å². The summed E-state index contributed by atoms with van der Waals surface area (Å²) in [6, 6.07) is 5.43. The van der Waals surface area contributed by atoms with Gasteiger partial charge in [-0.05, 0) is 31.9 Å². The number of ketones is 1. The summed E-state index contributed by atoms with van der Waals surface area (Å²) in [6.07, 6.45) is 5.94. The van der Waals surface area contributed by atoms with E-state index < -0.39 is 0 Å². The molecule has 140 valence electrons. The molecule has 1 fully saturated rings. The third kappa shape index (κ3) is 3.68. The first-order chi connectivity index (χ1) is 13.1. The summed E-state index contributed by atoms with van der Waals surface area (Å²) < 4.78 is 12.8. The van der Waals surface area contributed by atoms with Gasteiger partial charge >= 0.3 is 0 Å². The Hall–Kier alpha value is -2.80. The number of pyridine rings is 1. The number of aromatic nitrogens is 4. The van der Waals surface area contributed by atoms with E-state index in [2.05, 4.69) is 9.97 Å². The Morgan fingerprint density at radius 2 is 2.04 bits per heavy atom. The van der Waals surface area contributed by atoms with Gasteiger partial charge in [0, 0.05) is 37.2 Å². The van der Waals surface area contributed by atoms with Crippen LogP contribution in [0.4, 0.5) is 0 Å². The molecule has 1 aliphatic heterocycles. The minimum Gasteiger partial charge on any atom is -0.478 e. The zero-order valence-corrected chi connectivity index (χ0v) is 15.5. The number of carbonyl (C=O) groups is 1. The van der Waals surface area contributed by atoms with Crippen molar-refractivity contribution in [3.8, 4) is 5.88 Å². The smallest absolute Gasteiger partial charge is 0.258 e. The highest BCUT2D eigenvalue weighted by Gasteiger charge is 2.21. The molecule has 0 aliphatic carbocycles. The van der Waals surface area contributed by atoms with Crippen LogP contribution in [0.15, 0.2) is 30.6 Å². The summed E-state index contributed by atoms with van der Waals surface area (Å²) in [5.41, 5.74) is 3.58. The number of hydrogen-bond donors (Lipinski definition) is 0. The summed E-state index contributed by atoms with van der Waals surface area (Å²) in [6.45, 7) is 3.39. The van der Waals surface area contributed by atoms with E-state index in [4.69, 9.17) is 14.5 Å². The van der Waals surface area contributed by atoms with Gasteiger partial charge in [0.15, 0.2) is 5.78 Å². The molecular formula is C20H22N4O3. The fourth-order valence-corrected chi connectivity index (χ4v) is 3.40. The Labute approximate surface area is 157 Å². The maximum atomic E-state index is 12.6. The molecule has 0 aromatic carbocycles. The molecule has 3 aromatic rings. The van der Waals surface area contributed by atoms with Crippen molar-refractivity contribution < 1.29 is 14.3 Å². The molecular weight excluding hydrogens is 344 g/mol. The van der Waals surface area contributed by atoms with Gasteiger partial charge < -0.3 is 13.9 Å². The van der Waals surface area contributed by atoms with Crippen molar-refractivity contribution in [3.05, 3.63) is 53.4 Å². The van der Waals surface area contributed by atoms with E-state index in [9.17, 15) is 4.79 Å². The van der Waals surface area contributed by atoms with Crippen molar-refractivity contribution in [2.24, 2.45) is 0 Å². The third-order valence-electron chi connectivity index (χ3n) is 4.82. The number of carbonyl (C=O) groups excluding carboxylic acids is 1. The highest BCUT2D eigenvalue weighted by Crippen LogP contribution is 2.28. The van der Waals surface area contributed by atoms with Crippen molar-refractivity contribution in [2.45, 2.75) is 32.1 Å². The topological polar surface area (TPSA) is 78.6 Å². The summed E-state index contributed by atoms with van der Waals surface area (Å²) in [7, 11) is 1.57. The fraction of sp³-hybridized carbons (Fsp3) is 0.400. The molecule has 0 amide bonds. The number of nitrogens with zero attached hydrogens (tertiary/aromatic N) is 4. The molecule has 7 nitrogen and oxygen atoms in total. The average molecular weight is 366 g/mol. The molecule has 0 N–H and O–H groups in total. The number of methoxy groups -OCH3 is 1. The van der Waals surface area contributed by atoms with Crippen molar-refractivity contribution in [3.63, 3.8) is 0 Å². The first kappa shape index (κ1) is 17.6. The summed E-state index contributed by atoms with van der Waals surface area (Å²) in [4.78, 5) is 26.1. The van der Waals surface area contributed by atoms with Crippen LogP contribution in [0.3, 0.4) is 0 Å². The van der Waals surface area contributed by atoms with Gasteiger partial charge in [-0.15, -0.1) is 0 Å². The fourth-order valence-electron chi connectivity index (χ4n) is 3.40. The number of rotatable bonds is 5. The van der Waals surface area contributed by atoms with Crippen LogP contribution < -0.4 is 4.74 Å². The van der Waals surface area contributed by atoms with Gasteiger partial charge in [0.2, 0.25) is 5.65 Å². The van der Waals surface area contributed by atoms with E-state index in [1.165, 1.54) is 0 Å². The van der Waals surface area contributed by atoms with E-state index in [1.54, 1.807) is 13.2 Å². The first-order valence-electron chi connectivity index (χ1n) is 9.11. The van der Waals surface area contributed by atoms with Crippen LogP contribution in [0.25, 0.3) is 5.65 Å². The van der Waals surface area contributed by atoms with Crippen LogP contribution in [-0.4, -0.2) is 45.5 Å². The highest BCUT2D eigenvalue weighted by atomic mass is 16.5. The number of aryl methyl sites for hydroxylation is 1. The van der Waals surface area contributed by atoms with Crippen molar-refractivity contribution in [2.75, 3.05) is 20.3 Å². The molecule has 0 radical (unpaired) electrons. The SMILES string of the molecule is COc1nc(CC(=O)c2cccc(C)n2)cn2cc(C3CCOCC3)nc12. The minimum atomic E-state index is -0.0719. The van der Waals surface area contributed by atoms with Gasteiger partial charge in [-0.3, -0.25) is 9.78 Å². The second-order valence-corrected chi connectivity index (χ2v) is 6.79. The molecule has 3 aromatic heterocycles. The normalized spacial score (nSPS) is 15.2. The molecule has 0 saturated carbocycles. The van der Waals surface area contributed by atoms with Gasteiger partial charge in [0.1, 0.15) is 5.69 Å². The Morgan fingerprint density at radius 3 is 2.78 bits per heavy atom. The summed E-state index contributed by atoms with van der Waals surface area (Å²) in [5.74, 6) is 0.734. The molecule has 0 atom stereocenters. The molecule has 0 unspecified atom stereocenters. The van der Waals surface area contributed by atoms with Crippen LogP contribution in [0, 0.1) is 6.92 Å². The van der Waals surface area contributed by atoms with Crippen LogP contribution in [0.1, 0.15) is 46.3 Å². The summed E-state index contributed by atoms with van der Waals surface area (Å²) >= 11 is 0. The van der Waals surface area contributed by atoms with E-state index >= 15 is 0 Å². The Bertz CT molecular complexity index is 977. The Kier molecular flexibility index (Phi) is 4.85. The van der Waals surface area contributed by atoms with Crippen molar-refractivity contribution in [1.82, 2.24) is 19.4 Å². The molecule has 4 rings (SSSR count). The summed E-state index contributed by atoms with van der Waals surface area (Å²) in [5, 5.41) is 0. The third-order valence-corrected chi connectivity index (χ3v) is 4.82.